The van der Waals surface area contributed by atoms with Gasteiger partial charge in [-0.25, -0.2) is 9.37 Å². The Morgan fingerprint density at radius 3 is 2.37 bits per heavy atom. The molecule has 0 aliphatic carbocycles. The fourth-order valence-corrected chi connectivity index (χ4v) is 3.55. The van der Waals surface area contributed by atoms with Gasteiger partial charge in [0, 0.05) is 26.2 Å². The number of rotatable bonds is 3. The van der Waals surface area contributed by atoms with Crippen LogP contribution in [0.1, 0.15) is 25.6 Å². The summed E-state index contributed by atoms with van der Waals surface area (Å²) in [5.41, 5.74) is 3.31. The van der Waals surface area contributed by atoms with E-state index in [1.807, 2.05) is 4.90 Å². The van der Waals surface area contributed by atoms with Crippen molar-refractivity contribution in [3.05, 3.63) is 46.2 Å². The maximum absolute atomic E-state index is 13.2. The van der Waals surface area contributed by atoms with Crippen molar-refractivity contribution in [3.63, 3.8) is 0 Å². The van der Waals surface area contributed by atoms with E-state index in [0.717, 1.165) is 23.5 Å². The molecule has 0 saturated carbocycles. The largest absolute Gasteiger partial charge is 0.417 e. The Balaban J connectivity index is 1.73. The van der Waals surface area contributed by atoms with E-state index in [9.17, 15) is 27.2 Å². The second-order valence-corrected chi connectivity index (χ2v) is 6.85. The molecule has 1 fully saturated rings. The molecule has 6 nitrogen and oxygen atoms in total. The second-order valence-electron chi connectivity index (χ2n) is 5.84. The van der Waals surface area contributed by atoms with Crippen molar-refractivity contribution in [2.45, 2.75) is 6.18 Å². The molecule has 2 N–H and O–H groups in total. The van der Waals surface area contributed by atoms with Crippen LogP contribution in [0.4, 0.5) is 22.7 Å². The molecular weight excluding hydrogens is 388 g/mol. The number of hydrogen-bond donors (Lipinski definition) is 1. The highest BCUT2D eigenvalue weighted by Crippen LogP contribution is 2.33. The van der Waals surface area contributed by atoms with Crippen LogP contribution in [0, 0.1) is 5.82 Å². The minimum atomic E-state index is -4.83. The number of primary amides is 1. The van der Waals surface area contributed by atoms with Gasteiger partial charge in [0.05, 0.1) is 17.3 Å². The van der Waals surface area contributed by atoms with Gasteiger partial charge in [-0.2, -0.15) is 13.2 Å². The molecule has 1 aliphatic heterocycles. The SMILES string of the molecule is NC(=O)c1cnc(N2CCN(C(=O)c3ccc(F)cc3C(F)(F)F)CC2)s1. The number of amides is 2. The van der Waals surface area contributed by atoms with Gasteiger partial charge in [-0.1, -0.05) is 11.3 Å². The van der Waals surface area contributed by atoms with Crippen LogP contribution in [0.25, 0.3) is 0 Å². The third-order valence-electron chi connectivity index (χ3n) is 4.09. The number of halogens is 4. The van der Waals surface area contributed by atoms with Gasteiger partial charge in [-0.05, 0) is 18.2 Å². The zero-order valence-electron chi connectivity index (χ0n) is 13.8. The van der Waals surface area contributed by atoms with Crippen LogP contribution in [0.15, 0.2) is 24.4 Å². The lowest BCUT2D eigenvalue weighted by molar-refractivity contribution is -0.138. The summed E-state index contributed by atoms with van der Waals surface area (Å²) >= 11 is 1.11. The molecule has 1 aromatic carbocycles. The van der Waals surface area contributed by atoms with E-state index >= 15 is 0 Å². The fourth-order valence-electron chi connectivity index (χ4n) is 2.73. The third kappa shape index (κ3) is 4.02. The highest BCUT2D eigenvalue weighted by Gasteiger charge is 2.37. The summed E-state index contributed by atoms with van der Waals surface area (Å²) < 4.78 is 52.6. The average Bonchev–Trinajstić information content (AvgIpc) is 3.11. The van der Waals surface area contributed by atoms with Crippen molar-refractivity contribution in [2.24, 2.45) is 5.73 Å². The Morgan fingerprint density at radius 2 is 1.81 bits per heavy atom. The van der Waals surface area contributed by atoms with E-state index in [2.05, 4.69) is 4.98 Å². The lowest BCUT2D eigenvalue weighted by Crippen LogP contribution is -2.49. The molecule has 1 aromatic heterocycles. The summed E-state index contributed by atoms with van der Waals surface area (Å²) in [7, 11) is 0. The molecule has 0 spiro atoms. The molecule has 2 aromatic rings. The Kier molecular flexibility index (Phi) is 5.05. The van der Waals surface area contributed by atoms with Crippen LogP contribution in [0.3, 0.4) is 0 Å². The van der Waals surface area contributed by atoms with Crippen molar-refractivity contribution in [2.75, 3.05) is 31.1 Å². The van der Waals surface area contributed by atoms with Crippen molar-refractivity contribution in [3.8, 4) is 0 Å². The van der Waals surface area contributed by atoms with Gasteiger partial charge < -0.3 is 15.5 Å². The van der Waals surface area contributed by atoms with Gasteiger partial charge in [-0.15, -0.1) is 0 Å². The number of benzene rings is 1. The zero-order chi connectivity index (χ0) is 19.8. The standard InChI is InChI=1S/C16H14F4N4O2S/c17-9-1-2-10(11(7-9)16(18,19)20)14(26)23-3-5-24(6-4-23)15-22-8-12(27-15)13(21)25/h1-2,7-8H,3-6H2,(H2,21,25). The zero-order valence-corrected chi connectivity index (χ0v) is 14.6. The third-order valence-corrected chi connectivity index (χ3v) is 5.16. The molecule has 3 rings (SSSR count). The smallest absolute Gasteiger partial charge is 0.365 e. The van der Waals surface area contributed by atoms with E-state index in [1.54, 1.807) is 0 Å². The Morgan fingerprint density at radius 1 is 1.15 bits per heavy atom. The number of thiazole rings is 1. The molecule has 2 amide bonds. The Hall–Kier alpha value is -2.69. The van der Waals surface area contributed by atoms with Gasteiger partial charge in [0.1, 0.15) is 10.7 Å². The first-order chi connectivity index (χ1) is 12.7. The second kappa shape index (κ2) is 7.14. The molecule has 0 bridgehead atoms. The van der Waals surface area contributed by atoms with Crippen LogP contribution in [-0.2, 0) is 6.18 Å². The van der Waals surface area contributed by atoms with Crippen LogP contribution in [-0.4, -0.2) is 47.9 Å². The van der Waals surface area contributed by atoms with Gasteiger partial charge in [-0.3, -0.25) is 9.59 Å². The first-order valence-corrected chi connectivity index (χ1v) is 8.65. The number of carbonyl (C=O) groups is 2. The topological polar surface area (TPSA) is 79.5 Å². The normalized spacial score (nSPS) is 15.1. The first-order valence-electron chi connectivity index (χ1n) is 7.83. The molecule has 0 unspecified atom stereocenters. The van der Waals surface area contributed by atoms with E-state index < -0.39 is 34.9 Å². The summed E-state index contributed by atoms with van der Waals surface area (Å²) in [6, 6.07) is 2.01. The molecule has 2 heterocycles. The van der Waals surface area contributed by atoms with Crippen molar-refractivity contribution in [1.29, 1.82) is 0 Å². The van der Waals surface area contributed by atoms with E-state index in [0.29, 0.717) is 29.2 Å². The van der Waals surface area contributed by atoms with Crippen LogP contribution in [0.5, 0.6) is 0 Å². The summed E-state index contributed by atoms with van der Waals surface area (Å²) in [5, 5.41) is 0.550. The molecule has 11 heteroatoms. The minimum Gasteiger partial charge on any atom is -0.365 e. The van der Waals surface area contributed by atoms with Crippen LogP contribution in [0.2, 0.25) is 0 Å². The number of alkyl halides is 3. The molecule has 0 atom stereocenters. The molecule has 144 valence electrons. The van der Waals surface area contributed by atoms with E-state index in [1.165, 1.54) is 11.1 Å². The molecular formula is C16H14F4N4O2S. The molecule has 1 aliphatic rings. The fraction of sp³-hybridized carbons (Fsp3) is 0.312. The van der Waals surface area contributed by atoms with Crippen LogP contribution >= 0.6 is 11.3 Å². The summed E-state index contributed by atoms with van der Waals surface area (Å²) in [6.45, 7) is 0.998. The number of nitrogens with two attached hydrogens (primary N) is 1. The average molecular weight is 402 g/mol. The lowest BCUT2D eigenvalue weighted by Gasteiger charge is -2.35. The number of anilines is 1. The summed E-state index contributed by atoms with van der Waals surface area (Å²) in [5.74, 6) is -2.46. The number of aromatic nitrogens is 1. The maximum atomic E-state index is 13.2. The van der Waals surface area contributed by atoms with Crippen LogP contribution < -0.4 is 10.6 Å². The Bertz CT molecular complexity index is 876. The van der Waals surface area contributed by atoms with Crippen molar-refractivity contribution < 1.29 is 27.2 Å². The number of piperazine rings is 1. The quantitative estimate of drug-likeness (QED) is 0.800. The summed E-state index contributed by atoms with van der Waals surface area (Å²) in [6.07, 6.45) is -3.48. The highest BCUT2D eigenvalue weighted by atomic mass is 32.1. The van der Waals surface area contributed by atoms with Gasteiger partial charge in [0.25, 0.3) is 11.8 Å². The minimum absolute atomic E-state index is 0.166. The van der Waals surface area contributed by atoms with Crippen molar-refractivity contribution >= 4 is 28.3 Å². The number of carbonyl (C=O) groups excluding carboxylic acids is 2. The molecule has 27 heavy (non-hydrogen) atoms. The van der Waals surface area contributed by atoms with Crippen molar-refractivity contribution in [1.82, 2.24) is 9.88 Å². The van der Waals surface area contributed by atoms with E-state index in [-0.39, 0.29) is 13.1 Å². The van der Waals surface area contributed by atoms with Gasteiger partial charge in [0.2, 0.25) is 0 Å². The molecule has 1 saturated heterocycles. The Labute approximate surface area is 155 Å². The molecule has 0 radical (unpaired) electrons. The predicted molar refractivity (Wildman–Crippen MR) is 90.2 cm³/mol. The monoisotopic (exact) mass is 402 g/mol. The number of nitrogens with zero attached hydrogens (tertiary/aromatic N) is 3. The van der Waals surface area contributed by atoms with Gasteiger partial charge in [0.15, 0.2) is 5.13 Å². The van der Waals surface area contributed by atoms with Gasteiger partial charge >= 0.3 is 6.18 Å². The number of hydrogen-bond acceptors (Lipinski definition) is 5. The first kappa shape index (κ1) is 19.1. The highest BCUT2D eigenvalue weighted by molar-refractivity contribution is 7.17. The lowest BCUT2D eigenvalue weighted by atomic mass is 10.0. The summed E-state index contributed by atoms with van der Waals surface area (Å²) in [4.78, 5) is 31.1. The van der Waals surface area contributed by atoms with E-state index in [4.69, 9.17) is 5.73 Å². The predicted octanol–water partition coefficient (Wildman–Crippen LogP) is 2.36. The maximum Gasteiger partial charge on any atom is 0.417 e.